The van der Waals surface area contributed by atoms with Gasteiger partial charge in [-0.3, -0.25) is 0 Å². The van der Waals surface area contributed by atoms with E-state index in [0.29, 0.717) is 17.9 Å². The highest BCUT2D eigenvalue weighted by molar-refractivity contribution is 7.99. The van der Waals surface area contributed by atoms with Crippen LogP contribution in [0.1, 0.15) is 60.3 Å². The van der Waals surface area contributed by atoms with Gasteiger partial charge in [0.2, 0.25) is 0 Å². The molecule has 0 bridgehead atoms. The summed E-state index contributed by atoms with van der Waals surface area (Å²) < 4.78 is 18.1. The maximum atomic E-state index is 6.56. The molecule has 3 aliphatic carbocycles. The van der Waals surface area contributed by atoms with Crippen LogP contribution in [-0.4, -0.2) is 19.2 Å². The molecule has 6 rings (SSSR count). The fourth-order valence-corrected chi connectivity index (χ4v) is 6.70. The SMILES string of the molecule is COc1ccc2c(c1OC1CCCC1)CC1CCc3cc4c(cc3C1C2)OCS4. The molecule has 0 N–H and O–H groups in total. The standard InChI is InChI=1S/C25H28O3S/c1-26-22-9-8-16-10-19-15(11-21(16)25(22)28-18-4-2-3-5-18)6-7-17-12-24-23(13-20(17)19)27-14-29-24/h8-9,12-13,15,18-19H,2-7,10-11,14H2,1H3. The highest BCUT2D eigenvalue weighted by Crippen LogP contribution is 2.51. The smallest absolute Gasteiger partial charge is 0.165 e. The molecule has 0 amide bonds. The largest absolute Gasteiger partial charge is 0.493 e. The number of fused-ring (bicyclic) bond motifs is 5. The summed E-state index contributed by atoms with van der Waals surface area (Å²) in [6, 6.07) is 9.15. The zero-order valence-electron chi connectivity index (χ0n) is 17.0. The van der Waals surface area contributed by atoms with Gasteiger partial charge in [-0.15, -0.1) is 0 Å². The monoisotopic (exact) mass is 408 g/mol. The minimum Gasteiger partial charge on any atom is -0.493 e. The number of hydrogen-bond donors (Lipinski definition) is 0. The molecule has 0 spiro atoms. The van der Waals surface area contributed by atoms with E-state index < -0.39 is 0 Å². The minimum atomic E-state index is 0.359. The Bertz CT molecular complexity index is 948. The first-order chi connectivity index (χ1) is 14.3. The minimum absolute atomic E-state index is 0.359. The van der Waals surface area contributed by atoms with Gasteiger partial charge in [-0.05, 0) is 98.1 Å². The van der Waals surface area contributed by atoms with E-state index in [1.807, 2.05) is 11.8 Å². The Morgan fingerprint density at radius 1 is 1.03 bits per heavy atom. The Morgan fingerprint density at radius 2 is 1.93 bits per heavy atom. The van der Waals surface area contributed by atoms with Gasteiger partial charge in [-0.2, -0.15) is 0 Å². The molecule has 152 valence electrons. The Morgan fingerprint density at radius 3 is 2.79 bits per heavy atom. The molecule has 2 unspecified atom stereocenters. The molecule has 29 heavy (non-hydrogen) atoms. The summed E-state index contributed by atoms with van der Waals surface area (Å²) in [6.45, 7) is 0. The van der Waals surface area contributed by atoms with Crippen molar-refractivity contribution in [1.29, 1.82) is 0 Å². The maximum absolute atomic E-state index is 6.56. The molecule has 2 aromatic carbocycles. The fraction of sp³-hybridized carbons (Fsp3) is 0.520. The Kier molecular flexibility index (Phi) is 4.44. The maximum Gasteiger partial charge on any atom is 0.165 e. The molecule has 3 nitrogen and oxygen atoms in total. The Labute approximate surface area is 177 Å². The van der Waals surface area contributed by atoms with Crippen molar-refractivity contribution in [1.82, 2.24) is 0 Å². The molecule has 0 radical (unpaired) electrons. The second-order valence-corrected chi connectivity index (χ2v) is 9.94. The van der Waals surface area contributed by atoms with Crippen molar-refractivity contribution in [2.45, 2.75) is 68.3 Å². The second kappa shape index (κ2) is 7.16. The summed E-state index contributed by atoms with van der Waals surface area (Å²) in [5.74, 6) is 5.08. The molecule has 0 saturated heterocycles. The predicted molar refractivity (Wildman–Crippen MR) is 116 cm³/mol. The molecular formula is C25H28O3S. The topological polar surface area (TPSA) is 27.7 Å². The number of benzene rings is 2. The predicted octanol–water partition coefficient (Wildman–Crippen LogP) is 5.90. The van der Waals surface area contributed by atoms with Gasteiger partial charge in [0.25, 0.3) is 0 Å². The van der Waals surface area contributed by atoms with Crippen molar-refractivity contribution in [2.24, 2.45) is 5.92 Å². The van der Waals surface area contributed by atoms with Gasteiger partial charge in [0.1, 0.15) is 11.7 Å². The van der Waals surface area contributed by atoms with Crippen molar-refractivity contribution in [3.05, 3.63) is 46.5 Å². The lowest BCUT2D eigenvalue weighted by Gasteiger charge is -2.39. The van der Waals surface area contributed by atoms with Gasteiger partial charge in [-0.1, -0.05) is 17.8 Å². The fourth-order valence-electron chi connectivity index (χ4n) is 5.90. The van der Waals surface area contributed by atoms with Crippen LogP contribution in [0.2, 0.25) is 0 Å². The van der Waals surface area contributed by atoms with Crippen molar-refractivity contribution >= 4 is 11.8 Å². The van der Waals surface area contributed by atoms with E-state index in [4.69, 9.17) is 14.2 Å². The van der Waals surface area contributed by atoms with E-state index in [1.54, 1.807) is 12.7 Å². The average molecular weight is 409 g/mol. The molecular weight excluding hydrogens is 380 g/mol. The number of ether oxygens (including phenoxy) is 3. The van der Waals surface area contributed by atoms with Gasteiger partial charge >= 0.3 is 0 Å². The number of hydrogen-bond acceptors (Lipinski definition) is 4. The second-order valence-electron chi connectivity index (χ2n) is 8.98. The first-order valence-corrected chi connectivity index (χ1v) is 12.1. The van der Waals surface area contributed by atoms with E-state index in [9.17, 15) is 0 Å². The summed E-state index contributed by atoms with van der Waals surface area (Å²) in [7, 11) is 1.77. The quantitative estimate of drug-likeness (QED) is 0.632. The van der Waals surface area contributed by atoms with Crippen LogP contribution in [0.4, 0.5) is 0 Å². The molecule has 1 heterocycles. The lowest BCUT2D eigenvalue weighted by atomic mass is 9.66. The lowest BCUT2D eigenvalue weighted by molar-refractivity contribution is 0.195. The normalized spacial score (nSPS) is 24.9. The van der Waals surface area contributed by atoms with E-state index in [-0.39, 0.29) is 0 Å². The van der Waals surface area contributed by atoms with Gasteiger partial charge in [-0.25, -0.2) is 0 Å². The first kappa shape index (κ1) is 18.0. The van der Waals surface area contributed by atoms with Crippen LogP contribution in [0.5, 0.6) is 17.2 Å². The molecule has 1 aliphatic heterocycles. The van der Waals surface area contributed by atoms with Crippen LogP contribution in [0.25, 0.3) is 0 Å². The van der Waals surface area contributed by atoms with Gasteiger partial charge in [0.15, 0.2) is 11.5 Å². The van der Waals surface area contributed by atoms with Crippen LogP contribution in [0, 0.1) is 5.92 Å². The summed E-state index contributed by atoms with van der Waals surface area (Å²) >= 11 is 1.83. The number of rotatable bonds is 3. The number of thioether (sulfide) groups is 1. The van der Waals surface area contributed by atoms with Crippen molar-refractivity contribution in [3.63, 3.8) is 0 Å². The van der Waals surface area contributed by atoms with Crippen LogP contribution in [0.15, 0.2) is 29.2 Å². The van der Waals surface area contributed by atoms with Crippen LogP contribution in [-0.2, 0) is 19.3 Å². The zero-order valence-corrected chi connectivity index (χ0v) is 17.9. The summed E-state index contributed by atoms with van der Waals surface area (Å²) in [6.07, 6.45) is 9.93. The van der Waals surface area contributed by atoms with Gasteiger partial charge in [0, 0.05) is 5.56 Å². The van der Waals surface area contributed by atoms with E-state index in [0.717, 1.165) is 36.0 Å². The summed E-state index contributed by atoms with van der Waals surface area (Å²) in [5, 5.41) is 0. The molecule has 0 aromatic heterocycles. The van der Waals surface area contributed by atoms with Crippen molar-refractivity contribution in [2.75, 3.05) is 13.0 Å². The molecule has 4 aliphatic rings. The number of aryl methyl sites for hydroxylation is 1. The van der Waals surface area contributed by atoms with Crippen molar-refractivity contribution in [3.8, 4) is 17.2 Å². The highest BCUT2D eigenvalue weighted by Gasteiger charge is 2.37. The Balaban J connectivity index is 1.37. The molecule has 2 atom stereocenters. The number of methoxy groups -OCH3 is 1. The van der Waals surface area contributed by atoms with Crippen LogP contribution in [0.3, 0.4) is 0 Å². The van der Waals surface area contributed by atoms with Crippen LogP contribution >= 0.6 is 11.8 Å². The molecule has 1 fully saturated rings. The van der Waals surface area contributed by atoms with Gasteiger partial charge < -0.3 is 14.2 Å². The third kappa shape index (κ3) is 3.02. The first-order valence-electron chi connectivity index (χ1n) is 11.1. The molecule has 1 saturated carbocycles. The van der Waals surface area contributed by atoms with E-state index in [1.165, 1.54) is 60.1 Å². The Hall–Kier alpha value is -1.81. The molecule has 4 heteroatoms. The van der Waals surface area contributed by atoms with Gasteiger partial charge in [0.05, 0.1) is 18.1 Å². The van der Waals surface area contributed by atoms with E-state index in [2.05, 4.69) is 24.3 Å². The average Bonchev–Trinajstić information content (AvgIpc) is 3.42. The third-order valence-corrected chi connectivity index (χ3v) is 8.29. The third-order valence-electron chi connectivity index (χ3n) is 7.42. The van der Waals surface area contributed by atoms with E-state index >= 15 is 0 Å². The zero-order chi connectivity index (χ0) is 19.4. The summed E-state index contributed by atoms with van der Waals surface area (Å²) in [5.41, 5.74) is 5.93. The summed E-state index contributed by atoms with van der Waals surface area (Å²) in [4.78, 5) is 1.33. The lowest BCUT2D eigenvalue weighted by Crippen LogP contribution is -2.29. The highest BCUT2D eigenvalue weighted by atomic mass is 32.2. The van der Waals surface area contributed by atoms with Crippen LogP contribution < -0.4 is 14.2 Å². The van der Waals surface area contributed by atoms with Crippen molar-refractivity contribution < 1.29 is 14.2 Å². The molecule has 2 aromatic rings.